The summed E-state index contributed by atoms with van der Waals surface area (Å²) in [5, 5.41) is 10.00. The van der Waals surface area contributed by atoms with E-state index in [-0.39, 0.29) is 34.5 Å². The summed E-state index contributed by atoms with van der Waals surface area (Å²) >= 11 is 5.84. The summed E-state index contributed by atoms with van der Waals surface area (Å²) in [5.41, 5.74) is -0.560. The molecule has 1 heterocycles. The average Bonchev–Trinajstić information content (AvgIpc) is 2.33. The predicted octanol–water partition coefficient (Wildman–Crippen LogP) is 1.34. The summed E-state index contributed by atoms with van der Waals surface area (Å²) in [5.74, 6) is -0.301. The van der Waals surface area contributed by atoms with Gasteiger partial charge in [-0.2, -0.15) is 0 Å². The third-order valence-corrected chi connectivity index (χ3v) is 5.07. The van der Waals surface area contributed by atoms with Gasteiger partial charge in [0.25, 0.3) is 5.91 Å². The largest absolute Gasteiger partial charge is 0.386 e. The highest BCUT2D eigenvalue weighted by Crippen LogP contribution is 2.28. The Labute approximate surface area is 123 Å². The summed E-state index contributed by atoms with van der Waals surface area (Å²) in [4.78, 5) is 13.6. The molecule has 0 aliphatic carbocycles. The SMILES string of the molecule is CCC1(O)CN(C(=O)c2ccc(Cl)c(S(C)(=O)=O)c2)C1. The molecule has 1 amide bonds. The minimum Gasteiger partial charge on any atom is -0.386 e. The maximum absolute atomic E-state index is 12.2. The van der Waals surface area contributed by atoms with Crippen LogP contribution in [0.2, 0.25) is 5.02 Å². The molecule has 1 aliphatic rings. The fourth-order valence-corrected chi connectivity index (χ4v) is 3.44. The number of benzene rings is 1. The van der Waals surface area contributed by atoms with E-state index in [4.69, 9.17) is 11.6 Å². The Morgan fingerprint density at radius 1 is 1.45 bits per heavy atom. The Morgan fingerprint density at radius 2 is 2.05 bits per heavy atom. The normalized spacial score (nSPS) is 17.7. The molecule has 1 fully saturated rings. The van der Waals surface area contributed by atoms with E-state index >= 15 is 0 Å². The molecule has 20 heavy (non-hydrogen) atoms. The number of likely N-dealkylation sites (tertiary alicyclic amines) is 1. The van der Waals surface area contributed by atoms with Crippen molar-refractivity contribution in [2.24, 2.45) is 0 Å². The zero-order chi connectivity index (χ0) is 15.1. The van der Waals surface area contributed by atoms with E-state index in [9.17, 15) is 18.3 Å². The number of amides is 1. The van der Waals surface area contributed by atoms with Crippen LogP contribution in [0.5, 0.6) is 0 Å². The molecular formula is C13H16ClNO4S. The number of sulfone groups is 1. The lowest BCUT2D eigenvalue weighted by molar-refractivity contribution is -0.0826. The number of rotatable bonds is 3. The van der Waals surface area contributed by atoms with Crippen LogP contribution in [0.1, 0.15) is 23.7 Å². The second kappa shape index (κ2) is 5.02. The van der Waals surface area contributed by atoms with E-state index in [0.717, 1.165) is 6.26 Å². The van der Waals surface area contributed by atoms with Crippen molar-refractivity contribution >= 4 is 27.3 Å². The van der Waals surface area contributed by atoms with Crippen LogP contribution >= 0.6 is 11.6 Å². The van der Waals surface area contributed by atoms with E-state index in [0.29, 0.717) is 6.42 Å². The molecule has 2 rings (SSSR count). The van der Waals surface area contributed by atoms with Crippen molar-refractivity contribution in [3.8, 4) is 0 Å². The highest BCUT2D eigenvalue weighted by molar-refractivity contribution is 7.90. The third-order valence-electron chi connectivity index (χ3n) is 3.49. The van der Waals surface area contributed by atoms with Gasteiger partial charge >= 0.3 is 0 Å². The van der Waals surface area contributed by atoms with Crippen LogP contribution in [-0.2, 0) is 9.84 Å². The molecular weight excluding hydrogens is 302 g/mol. The molecule has 0 radical (unpaired) electrons. The monoisotopic (exact) mass is 317 g/mol. The number of hydrogen-bond acceptors (Lipinski definition) is 4. The number of aliphatic hydroxyl groups is 1. The molecule has 1 aromatic rings. The van der Waals surface area contributed by atoms with Crippen LogP contribution in [0.25, 0.3) is 0 Å². The minimum atomic E-state index is -3.48. The highest BCUT2D eigenvalue weighted by atomic mass is 35.5. The number of hydrogen-bond donors (Lipinski definition) is 1. The first-order valence-corrected chi connectivity index (χ1v) is 8.44. The lowest BCUT2D eigenvalue weighted by Crippen LogP contribution is -2.63. The Hall–Kier alpha value is -1.11. The molecule has 0 bridgehead atoms. The summed E-state index contributed by atoms with van der Waals surface area (Å²) in [7, 11) is -3.48. The van der Waals surface area contributed by atoms with Crippen molar-refractivity contribution < 1.29 is 18.3 Å². The maximum atomic E-state index is 12.2. The van der Waals surface area contributed by atoms with Gasteiger partial charge in [-0.25, -0.2) is 8.42 Å². The van der Waals surface area contributed by atoms with Gasteiger partial charge in [-0.3, -0.25) is 4.79 Å². The molecule has 1 aliphatic heterocycles. The molecule has 1 N–H and O–H groups in total. The number of carbonyl (C=O) groups excluding carboxylic acids is 1. The molecule has 0 aromatic heterocycles. The van der Waals surface area contributed by atoms with E-state index in [1.807, 2.05) is 6.92 Å². The summed E-state index contributed by atoms with van der Waals surface area (Å²) in [6, 6.07) is 4.17. The number of nitrogens with zero attached hydrogens (tertiary/aromatic N) is 1. The van der Waals surface area contributed by atoms with E-state index in [2.05, 4.69) is 0 Å². The molecule has 5 nitrogen and oxygen atoms in total. The molecule has 1 aromatic carbocycles. The van der Waals surface area contributed by atoms with Gasteiger partial charge in [-0.1, -0.05) is 18.5 Å². The number of β-amino-alcohol motifs (C(OH)–C–C–N with tert-alkyl or cyclic N) is 1. The van der Waals surface area contributed by atoms with Gasteiger partial charge in [0, 0.05) is 11.8 Å². The van der Waals surface area contributed by atoms with Crippen LogP contribution in [0.15, 0.2) is 23.1 Å². The molecule has 1 saturated heterocycles. The third kappa shape index (κ3) is 2.82. The number of halogens is 1. The van der Waals surface area contributed by atoms with Crippen molar-refractivity contribution in [2.75, 3.05) is 19.3 Å². The fraction of sp³-hybridized carbons (Fsp3) is 0.462. The molecule has 110 valence electrons. The Bertz CT molecular complexity index is 650. The summed E-state index contributed by atoms with van der Waals surface area (Å²) < 4.78 is 23.2. The van der Waals surface area contributed by atoms with E-state index in [1.165, 1.54) is 23.1 Å². The smallest absolute Gasteiger partial charge is 0.254 e. The summed E-state index contributed by atoms with van der Waals surface area (Å²) in [6.07, 6.45) is 1.62. The van der Waals surface area contributed by atoms with Gasteiger partial charge < -0.3 is 10.0 Å². The van der Waals surface area contributed by atoms with Gasteiger partial charge in [0.1, 0.15) is 0 Å². The number of carbonyl (C=O) groups is 1. The van der Waals surface area contributed by atoms with Gasteiger partial charge in [0.2, 0.25) is 0 Å². The van der Waals surface area contributed by atoms with E-state index in [1.54, 1.807) is 0 Å². The first-order valence-electron chi connectivity index (χ1n) is 6.17. The van der Waals surface area contributed by atoms with Crippen molar-refractivity contribution in [2.45, 2.75) is 23.8 Å². The van der Waals surface area contributed by atoms with Crippen molar-refractivity contribution in [3.63, 3.8) is 0 Å². The summed E-state index contributed by atoms with van der Waals surface area (Å²) in [6.45, 7) is 2.38. The van der Waals surface area contributed by atoms with Crippen molar-refractivity contribution in [1.29, 1.82) is 0 Å². The van der Waals surface area contributed by atoms with E-state index < -0.39 is 15.4 Å². The van der Waals surface area contributed by atoms with Crippen LogP contribution in [-0.4, -0.2) is 49.3 Å². The second-order valence-corrected chi connectivity index (χ2v) is 7.55. The van der Waals surface area contributed by atoms with Crippen LogP contribution < -0.4 is 0 Å². The zero-order valence-electron chi connectivity index (χ0n) is 11.3. The Morgan fingerprint density at radius 3 is 2.55 bits per heavy atom. The first kappa shape index (κ1) is 15.3. The Balaban J connectivity index is 2.25. The van der Waals surface area contributed by atoms with Crippen molar-refractivity contribution in [3.05, 3.63) is 28.8 Å². The quantitative estimate of drug-likeness (QED) is 0.913. The fourth-order valence-electron chi connectivity index (χ4n) is 2.13. The van der Waals surface area contributed by atoms with Crippen molar-refractivity contribution in [1.82, 2.24) is 4.90 Å². The lowest BCUT2D eigenvalue weighted by atomic mass is 9.90. The topological polar surface area (TPSA) is 74.7 Å². The minimum absolute atomic E-state index is 0.0590. The van der Waals surface area contributed by atoms with Crippen LogP contribution in [0, 0.1) is 0 Å². The zero-order valence-corrected chi connectivity index (χ0v) is 12.8. The highest BCUT2D eigenvalue weighted by Gasteiger charge is 2.42. The standard InChI is InChI=1S/C13H16ClNO4S/c1-3-13(17)7-15(8-13)12(16)9-4-5-10(14)11(6-9)20(2,18)19/h4-6,17H,3,7-8H2,1-2H3. The second-order valence-electron chi connectivity index (χ2n) is 5.16. The van der Waals surface area contributed by atoms with Crippen LogP contribution in [0.4, 0.5) is 0 Å². The van der Waals surface area contributed by atoms with Gasteiger partial charge in [-0.15, -0.1) is 0 Å². The van der Waals surface area contributed by atoms with Gasteiger partial charge in [0.05, 0.1) is 28.6 Å². The molecule has 0 spiro atoms. The average molecular weight is 318 g/mol. The van der Waals surface area contributed by atoms with Gasteiger partial charge in [-0.05, 0) is 24.6 Å². The van der Waals surface area contributed by atoms with Gasteiger partial charge in [0.15, 0.2) is 9.84 Å². The lowest BCUT2D eigenvalue weighted by Gasteiger charge is -2.46. The van der Waals surface area contributed by atoms with Crippen LogP contribution in [0.3, 0.4) is 0 Å². The predicted molar refractivity (Wildman–Crippen MR) is 75.7 cm³/mol. The molecule has 0 atom stereocenters. The first-order chi connectivity index (χ1) is 9.16. The molecule has 0 saturated carbocycles. The Kier molecular flexibility index (Phi) is 3.83. The maximum Gasteiger partial charge on any atom is 0.254 e. The molecule has 7 heteroatoms. The molecule has 0 unspecified atom stereocenters.